The first-order chi connectivity index (χ1) is 13.4. The second-order valence-electron chi connectivity index (χ2n) is 5.54. The van der Waals surface area contributed by atoms with Gasteiger partial charge in [-0.2, -0.15) is 5.10 Å². The van der Waals surface area contributed by atoms with Crippen LogP contribution in [0.3, 0.4) is 0 Å². The predicted molar refractivity (Wildman–Crippen MR) is 109 cm³/mol. The number of carboxylic acid groups (broad SMARTS) is 1. The second kappa shape index (κ2) is 10.6. The van der Waals surface area contributed by atoms with E-state index in [1.54, 1.807) is 19.1 Å². The van der Waals surface area contributed by atoms with Gasteiger partial charge >= 0.3 is 5.97 Å². The van der Waals surface area contributed by atoms with Crippen LogP contribution in [0.15, 0.2) is 41.5 Å². The van der Waals surface area contributed by atoms with Crippen molar-refractivity contribution in [3.8, 4) is 11.5 Å². The Kier molecular flexibility index (Phi) is 8.18. The maximum absolute atomic E-state index is 12.9. The lowest BCUT2D eigenvalue weighted by Crippen LogP contribution is -2.19. The summed E-state index contributed by atoms with van der Waals surface area (Å²) in [5.41, 5.74) is 3.71. The number of ether oxygens (including phenoxy) is 2. The molecule has 0 spiro atoms. The van der Waals surface area contributed by atoms with Crippen molar-refractivity contribution >= 4 is 40.7 Å². The molecule has 28 heavy (non-hydrogen) atoms. The van der Waals surface area contributed by atoms with Crippen molar-refractivity contribution in [2.75, 3.05) is 13.2 Å². The van der Waals surface area contributed by atoms with E-state index in [-0.39, 0.29) is 18.1 Å². The Hall–Kier alpha value is -2.69. The van der Waals surface area contributed by atoms with Crippen LogP contribution in [-0.2, 0) is 16.0 Å². The molecular formula is C19H18FIN2O5. The first kappa shape index (κ1) is 21.6. The summed E-state index contributed by atoms with van der Waals surface area (Å²) in [5.74, 6) is -1.08. The van der Waals surface area contributed by atoms with E-state index in [2.05, 4.69) is 10.5 Å². The number of carbonyl (C=O) groups excluding carboxylic acids is 1. The van der Waals surface area contributed by atoms with Gasteiger partial charge in [-0.3, -0.25) is 4.79 Å². The molecule has 0 unspecified atom stereocenters. The van der Waals surface area contributed by atoms with Crippen molar-refractivity contribution < 1.29 is 28.6 Å². The third kappa shape index (κ3) is 6.80. The zero-order valence-corrected chi connectivity index (χ0v) is 17.1. The molecule has 0 fully saturated rings. The molecule has 2 aromatic rings. The molecule has 0 atom stereocenters. The highest BCUT2D eigenvalue weighted by molar-refractivity contribution is 14.1. The molecule has 0 saturated carbocycles. The minimum Gasteiger partial charge on any atom is -0.490 e. The predicted octanol–water partition coefficient (Wildman–Crippen LogP) is 2.99. The molecule has 148 valence electrons. The third-order valence-corrected chi connectivity index (χ3v) is 4.15. The fourth-order valence-electron chi connectivity index (χ4n) is 2.21. The van der Waals surface area contributed by atoms with Crippen molar-refractivity contribution in [1.82, 2.24) is 5.43 Å². The summed E-state index contributed by atoms with van der Waals surface area (Å²) < 4.78 is 24.3. The van der Waals surface area contributed by atoms with Crippen LogP contribution in [0.4, 0.5) is 4.39 Å². The van der Waals surface area contributed by atoms with Crippen LogP contribution in [0.1, 0.15) is 18.1 Å². The monoisotopic (exact) mass is 500 g/mol. The number of nitrogens with zero attached hydrogens (tertiary/aromatic N) is 1. The SMILES string of the molecule is CCOc1cc(/C=N/NC(=O)Cc2ccc(F)cc2)cc(I)c1OCC(=O)O. The van der Waals surface area contributed by atoms with Gasteiger partial charge in [-0.05, 0) is 64.9 Å². The molecule has 0 aliphatic carbocycles. The number of halogens is 2. The molecule has 7 nitrogen and oxygen atoms in total. The summed E-state index contributed by atoms with van der Waals surface area (Å²) in [7, 11) is 0. The van der Waals surface area contributed by atoms with Crippen LogP contribution in [0.2, 0.25) is 0 Å². The first-order valence-electron chi connectivity index (χ1n) is 8.26. The third-order valence-electron chi connectivity index (χ3n) is 3.35. The number of nitrogens with one attached hydrogen (secondary N) is 1. The highest BCUT2D eigenvalue weighted by atomic mass is 127. The zero-order chi connectivity index (χ0) is 20.5. The molecule has 9 heteroatoms. The van der Waals surface area contributed by atoms with Crippen LogP contribution in [0.5, 0.6) is 11.5 Å². The molecule has 1 amide bonds. The van der Waals surface area contributed by atoms with E-state index in [0.717, 1.165) is 0 Å². The maximum Gasteiger partial charge on any atom is 0.341 e. The highest BCUT2D eigenvalue weighted by Gasteiger charge is 2.13. The van der Waals surface area contributed by atoms with Crippen molar-refractivity contribution in [2.45, 2.75) is 13.3 Å². The Balaban J connectivity index is 2.04. The lowest BCUT2D eigenvalue weighted by molar-refractivity contribution is -0.139. The van der Waals surface area contributed by atoms with Crippen molar-refractivity contribution in [1.29, 1.82) is 0 Å². The van der Waals surface area contributed by atoms with E-state index >= 15 is 0 Å². The normalized spacial score (nSPS) is 10.7. The molecule has 2 N–H and O–H groups in total. The van der Waals surface area contributed by atoms with E-state index in [0.29, 0.717) is 32.8 Å². The first-order valence-corrected chi connectivity index (χ1v) is 9.34. The summed E-state index contributed by atoms with van der Waals surface area (Å²) >= 11 is 2.00. The molecule has 2 aromatic carbocycles. The van der Waals surface area contributed by atoms with Crippen molar-refractivity contribution in [2.24, 2.45) is 5.10 Å². The molecule has 2 rings (SSSR count). The van der Waals surface area contributed by atoms with E-state index in [1.807, 2.05) is 22.6 Å². The van der Waals surface area contributed by atoms with Gasteiger partial charge in [0.1, 0.15) is 5.82 Å². The van der Waals surface area contributed by atoms with Gasteiger partial charge in [-0.15, -0.1) is 0 Å². The lowest BCUT2D eigenvalue weighted by atomic mass is 10.1. The molecular weight excluding hydrogens is 482 g/mol. The standard InChI is InChI=1S/C19H18FIN2O5/c1-2-27-16-8-13(7-15(21)19(16)28-11-18(25)26)10-22-23-17(24)9-12-3-5-14(20)6-4-12/h3-8,10H,2,9,11H2,1H3,(H,23,24)(H,25,26)/b22-10+. The summed E-state index contributed by atoms with van der Waals surface area (Å²) in [6, 6.07) is 9.00. The van der Waals surface area contributed by atoms with Crippen LogP contribution >= 0.6 is 22.6 Å². The Morgan fingerprint density at radius 2 is 1.96 bits per heavy atom. The number of amides is 1. The maximum atomic E-state index is 12.9. The van der Waals surface area contributed by atoms with E-state index in [9.17, 15) is 14.0 Å². The highest BCUT2D eigenvalue weighted by Crippen LogP contribution is 2.33. The lowest BCUT2D eigenvalue weighted by Gasteiger charge is -2.13. The van der Waals surface area contributed by atoms with Crippen LogP contribution in [0, 0.1) is 9.39 Å². The van der Waals surface area contributed by atoms with E-state index in [4.69, 9.17) is 14.6 Å². The number of rotatable bonds is 9. The molecule has 0 saturated heterocycles. The van der Waals surface area contributed by atoms with Crippen LogP contribution < -0.4 is 14.9 Å². The zero-order valence-electron chi connectivity index (χ0n) is 14.9. The van der Waals surface area contributed by atoms with Gasteiger partial charge in [0.15, 0.2) is 18.1 Å². The topological polar surface area (TPSA) is 97.2 Å². The minimum absolute atomic E-state index is 0.0708. The summed E-state index contributed by atoms with van der Waals surface area (Å²) in [6.45, 7) is 1.68. The number of aliphatic carboxylic acids is 1. The fraction of sp³-hybridized carbons (Fsp3) is 0.211. The van der Waals surface area contributed by atoms with Crippen LogP contribution in [0.25, 0.3) is 0 Å². The van der Waals surface area contributed by atoms with Gasteiger partial charge in [0.25, 0.3) is 0 Å². The number of carbonyl (C=O) groups is 2. The van der Waals surface area contributed by atoms with Gasteiger partial charge in [0.05, 0.1) is 22.8 Å². The number of hydrogen-bond donors (Lipinski definition) is 2. The molecule has 0 aromatic heterocycles. The largest absolute Gasteiger partial charge is 0.490 e. The molecule has 0 heterocycles. The summed E-state index contributed by atoms with van der Waals surface area (Å²) in [6.07, 6.45) is 1.51. The molecule has 0 radical (unpaired) electrons. The van der Waals surface area contributed by atoms with E-state index < -0.39 is 12.6 Å². The average Bonchev–Trinajstić information content (AvgIpc) is 2.63. The Labute approximate surface area is 174 Å². The Morgan fingerprint density at radius 3 is 2.61 bits per heavy atom. The molecule has 0 bridgehead atoms. The van der Waals surface area contributed by atoms with Crippen LogP contribution in [-0.4, -0.2) is 36.4 Å². The number of benzene rings is 2. The molecule has 0 aliphatic heterocycles. The Bertz CT molecular complexity index is 871. The smallest absolute Gasteiger partial charge is 0.341 e. The van der Waals surface area contributed by atoms with Gasteiger partial charge in [0.2, 0.25) is 5.91 Å². The average molecular weight is 500 g/mol. The minimum atomic E-state index is -1.09. The Morgan fingerprint density at radius 1 is 1.25 bits per heavy atom. The summed E-state index contributed by atoms with van der Waals surface area (Å²) in [5, 5.41) is 12.7. The van der Waals surface area contributed by atoms with Crippen molar-refractivity contribution in [3.63, 3.8) is 0 Å². The van der Waals surface area contributed by atoms with Gasteiger partial charge in [-0.1, -0.05) is 12.1 Å². The quantitative estimate of drug-likeness (QED) is 0.314. The van der Waals surface area contributed by atoms with Crippen molar-refractivity contribution in [3.05, 3.63) is 56.9 Å². The second-order valence-corrected chi connectivity index (χ2v) is 6.70. The van der Waals surface area contributed by atoms with Gasteiger partial charge in [0, 0.05) is 0 Å². The van der Waals surface area contributed by atoms with E-state index in [1.165, 1.54) is 30.5 Å². The van der Waals surface area contributed by atoms with Gasteiger partial charge < -0.3 is 14.6 Å². The summed E-state index contributed by atoms with van der Waals surface area (Å²) in [4.78, 5) is 22.6. The van der Waals surface area contributed by atoms with Gasteiger partial charge in [-0.25, -0.2) is 14.6 Å². The number of hydrogen-bond acceptors (Lipinski definition) is 5. The molecule has 0 aliphatic rings. The number of hydrazone groups is 1. The fourth-order valence-corrected chi connectivity index (χ4v) is 2.99. The number of carboxylic acids is 1.